The molecule has 3 fully saturated rings. The van der Waals surface area contributed by atoms with Gasteiger partial charge in [0.1, 0.15) is 18.4 Å². The molecule has 1 atom stereocenters. The van der Waals surface area contributed by atoms with Crippen LogP contribution in [-0.4, -0.2) is 105 Å². The number of piperidine rings is 1. The number of aromatic nitrogens is 2. The molecular weight excluding hydrogens is 768 g/mol. The summed E-state index contributed by atoms with van der Waals surface area (Å²) in [5.41, 5.74) is 2.58. The standard InChI is InChI=1S/C43H46F3N7O6/c1-26-5-13-37(39(56)47-26)53-40(57)33-12-11-32(23-34(33)41(53)58)59-20-19-50-15-17-51(18-16-50)24-28-8-14-36-35(21-28)48-42(52(36)31-9-6-27(25-54)7-10-31)49-38(55)29-3-2-4-30(22-29)43(44,45)46/h2-4,8,11-12,14,21-23,27,31,37,54H,1,5-7,9-10,13,15-20,24-25H2,(H,47,56)(H,48,49,55)/t27-,31+,37?. The molecule has 13 nitrogen and oxygen atoms in total. The highest BCUT2D eigenvalue weighted by Gasteiger charge is 2.44. The predicted molar refractivity (Wildman–Crippen MR) is 212 cm³/mol. The van der Waals surface area contributed by atoms with Gasteiger partial charge in [0.05, 0.1) is 27.7 Å². The van der Waals surface area contributed by atoms with E-state index in [2.05, 4.69) is 27.0 Å². The number of fused-ring (bicyclic) bond motifs is 2. The molecule has 310 valence electrons. The average molecular weight is 814 g/mol. The molecule has 2 saturated heterocycles. The normalized spacial score (nSPS) is 21.8. The van der Waals surface area contributed by atoms with Crippen molar-refractivity contribution in [2.75, 3.05) is 51.3 Å². The smallest absolute Gasteiger partial charge is 0.416 e. The van der Waals surface area contributed by atoms with Crippen molar-refractivity contribution in [3.63, 3.8) is 0 Å². The summed E-state index contributed by atoms with van der Waals surface area (Å²) in [6.45, 7) is 8.84. The Morgan fingerprint density at radius 1 is 0.915 bits per heavy atom. The number of aliphatic hydroxyl groups excluding tert-OH is 1. The molecule has 16 heteroatoms. The highest BCUT2D eigenvalue weighted by Crippen LogP contribution is 2.38. The van der Waals surface area contributed by atoms with Crippen LogP contribution < -0.4 is 15.4 Å². The number of piperazine rings is 1. The molecule has 3 N–H and O–H groups in total. The number of rotatable bonds is 11. The van der Waals surface area contributed by atoms with Crippen LogP contribution in [0.3, 0.4) is 0 Å². The van der Waals surface area contributed by atoms with Gasteiger partial charge in [-0.25, -0.2) is 4.98 Å². The molecule has 4 amide bonds. The molecule has 0 radical (unpaired) electrons. The maximum Gasteiger partial charge on any atom is 0.416 e. The summed E-state index contributed by atoms with van der Waals surface area (Å²) in [6.07, 6.45) is -0.589. The van der Waals surface area contributed by atoms with E-state index in [0.717, 1.165) is 80.0 Å². The van der Waals surface area contributed by atoms with Crippen molar-refractivity contribution in [3.05, 3.63) is 101 Å². The number of carbonyl (C=O) groups excluding carboxylic acids is 4. The predicted octanol–water partition coefficient (Wildman–Crippen LogP) is 5.62. The molecule has 4 aliphatic rings. The van der Waals surface area contributed by atoms with E-state index in [9.17, 15) is 37.5 Å². The largest absolute Gasteiger partial charge is 0.492 e. The first-order valence-electron chi connectivity index (χ1n) is 20.0. The number of hydrogen-bond donors (Lipinski definition) is 3. The lowest BCUT2D eigenvalue weighted by Gasteiger charge is -2.34. The molecule has 1 saturated carbocycles. The zero-order valence-corrected chi connectivity index (χ0v) is 32.5. The molecule has 1 unspecified atom stereocenters. The molecule has 0 spiro atoms. The summed E-state index contributed by atoms with van der Waals surface area (Å²) in [6, 6.07) is 14.3. The fourth-order valence-corrected chi connectivity index (χ4v) is 8.64. The van der Waals surface area contributed by atoms with Crippen LogP contribution in [0, 0.1) is 5.92 Å². The summed E-state index contributed by atoms with van der Waals surface area (Å²) >= 11 is 0. The van der Waals surface area contributed by atoms with Crippen LogP contribution in [-0.2, 0) is 17.5 Å². The van der Waals surface area contributed by atoms with Crippen molar-refractivity contribution < 1.29 is 42.2 Å². The molecule has 3 aliphatic heterocycles. The van der Waals surface area contributed by atoms with Crippen molar-refractivity contribution in [2.24, 2.45) is 5.92 Å². The summed E-state index contributed by atoms with van der Waals surface area (Å²) < 4.78 is 48.2. The van der Waals surface area contributed by atoms with Gasteiger partial charge < -0.3 is 19.7 Å². The summed E-state index contributed by atoms with van der Waals surface area (Å²) in [5.74, 6) is -1.11. The number of amides is 4. The van der Waals surface area contributed by atoms with Crippen LogP contribution in [0.25, 0.3) is 11.0 Å². The quantitative estimate of drug-likeness (QED) is 0.164. The van der Waals surface area contributed by atoms with Gasteiger partial charge in [0.15, 0.2) is 0 Å². The number of anilines is 1. The van der Waals surface area contributed by atoms with Crippen molar-refractivity contribution >= 4 is 40.6 Å². The Balaban J connectivity index is 0.874. The van der Waals surface area contributed by atoms with Crippen LogP contribution >= 0.6 is 0 Å². The maximum absolute atomic E-state index is 13.4. The van der Waals surface area contributed by atoms with E-state index in [1.807, 2.05) is 22.8 Å². The van der Waals surface area contributed by atoms with Crippen molar-refractivity contribution in [1.82, 2.24) is 29.6 Å². The Kier molecular flexibility index (Phi) is 11.3. The lowest BCUT2D eigenvalue weighted by Crippen LogP contribution is -2.51. The van der Waals surface area contributed by atoms with E-state index < -0.39 is 41.4 Å². The number of ether oxygens (including phenoxy) is 1. The molecule has 4 aromatic rings. The second-order valence-electron chi connectivity index (χ2n) is 15.8. The van der Waals surface area contributed by atoms with E-state index in [0.29, 0.717) is 49.5 Å². The monoisotopic (exact) mass is 813 g/mol. The van der Waals surface area contributed by atoms with E-state index in [4.69, 9.17) is 9.72 Å². The molecule has 1 aliphatic carbocycles. The number of nitrogens with zero attached hydrogens (tertiary/aromatic N) is 5. The number of aliphatic hydroxyl groups is 1. The minimum Gasteiger partial charge on any atom is -0.492 e. The summed E-state index contributed by atoms with van der Waals surface area (Å²) in [4.78, 5) is 62.6. The number of carbonyl (C=O) groups is 4. The van der Waals surface area contributed by atoms with Gasteiger partial charge in [0, 0.05) is 63.2 Å². The van der Waals surface area contributed by atoms with Crippen LogP contribution in [0.4, 0.5) is 19.1 Å². The van der Waals surface area contributed by atoms with E-state index in [1.165, 1.54) is 12.1 Å². The van der Waals surface area contributed by atoms with Gasteiger partial charge in [0.2, 0.25) is 11.9 Å². The molecule has 1 aromatic heterocycles. The van der Waals surface area contributed by atoms with Gasteiger partial charge >= 0.3 is 6.18 Å². The number of halogens is 3. The number of imide groups is 1. The number of nitrogens with one attached hydrogen (secondary N) is 2. The zero-order chi connectivity index (χ0) is 41.4. The Morgan fingerprint density at radius 2 is 1.66 bits per heavy atom. The lowest BCUT2D eigenvalue weighted by atomic mass is 9.86. The lowest BCUT2D eigenvalue weighted by molar-refractivity contribution is -0.137. The van der Waals surface area contributed by atoms with E-state index in [-0.39, 0.29) is 41.2 Å². The van der Waals surface area contributed by atoms with Gasteiger partial charge in [-0.05, 0) is 98.5 Å². The fourth-order valence-electron chi connectivity index (χ4n) is 8.64. The van der Waals surface area contributed by atoms with E-state index >= 15 is 0 Å². The second kappa shape index (κ2) is 16.6. The Hall–Kier alpha value is -5.58. The van der Waals surface area contributed by atoms with Gasteiger partial charge in [-0.1, -0.05) is 18.7 Å². The Morgan fingerprint density at radius 3 is 2.39 bits per heavy atom. The second-order valence-corrected chi connectivity index (χ2v) is 15.8. The van der Waals surface area contributed by atoms with Crippen LogP contribution in [0.2, 0.25) is 0 Å². The van der Waals surface area contributed by atoms with Crippen LogP contribution in [0.15, 0.2) is 72.9 Å². The van der Waals surface area contributed by atoms with Gasteiger partial charge in [-0.15, -0.1) is 0 Å². The van der Waals surface area contributed by atoms with Gasteiger partial charge in [0.25, 0.3) is 17.7 Å². The van der Waals surface area contributed by atoms with Crippen molar-refractivity contribution in [3.8, 4) is 5.75 Å². The molecule has 4 heterocycles. The van der Waals surface area contributed by atoms with Gasteiger partial charge in [-0.2, -0.15) is 13.2 Å². The number of allylic oxidation sites excluding steroid dienone is 1. The minimum atomic E-state index is -4.58. The van der Waals surface area contributed by atoms with Crippen LogP contribution in [0.1, 0.15) is 86.8 Å². The minimum absolute atomic E-state index is 0.000224. The molecule has 8 rings (SSSR count). The number of benzene rings is 3. The third-order valence-corrected chi connectivity index (χ3v) is 11.9. The first kappa shape index (κ1) is 40.2. The fraction of sp³-hybridized carbons (Fsp3) is 0.419. The third kappa shape index (κ3) is 8.47. The molecule has 0 bridgehead atoms. The molecule has 3 aromatic carbocycles. The van der Waals surface area contributed by atoms with E-state index in [1.54, 1.807) is 18.2 Å². The summed E-state index contributed by atoms with van der Waals surface area (Å²) in [5, 5.41) is 15.2. The van der Waals surface area contributed by atoms with Crippen molar-refractivity contribution in [1.29, 1.82) is 0 Å². The highest BCUT2D eigenvalue weighted by atomic mass is 19.4. The van der Waals surface area contributed by atoms with Gasteiger partial charge in [-0.3, -0.25) is 39.2 Å². The first-order valence-corrected chi connectivity index (χ1v) is 20.0. The maximum atomic E-state index is 13.4. The zero-order valence-electron chi connectivity index (χ0n) is 32.5. The first-order chi connectivity index (χ1) is 28.4. The van der Waals surface area contributed by atoms with Crippen molar-refractivity contribution in [2.45, 2.75) is 63.3 Å². The number of alkyl halides is 3. The topological polar surface area (TPSA) is 149 Å². The Labute approximate surface area is 338 Å². The molecular formula is C43H46F3N7O6. The van der Waals surface area contributed by atoms with Crippen LogP contribution in [0.5, 0.6) is 5.75 Å². The summed E-state index contributed by atoms with van der Waals surface area (Å²) in [7, 11) is 0. The number of hydrogen-bond acceptors (Lipinski definition) is 9. The highest BCUT2D eigenvalue weighted by molar-refractivity contribution is 6.23. The number of imidazole rings is 1. The third-order valence-electron chi connectivity index (χ3n) is 11.9. The average Bonchev–Trinajstić information content (AvgIpc) is 3.70. The SMILES string of the molecule is C=C1CCC(N2C(=O)c3ccc(OCCN4CCN(Cc5ccc6c(c5)nc(NC(=O)c5cccc(C(F)(F)F)c5)n6[C@H]5CC[C@@H](CO)CC5)CC4)cc3C2=O)C(=O)N1. The Bertz CT molecular complexity index is 2290. The molecule has 59 heavy (non-hydrogen) atoms.